The number of halogens is 3. The first-order valence-corrected chi connectivity index (χ1v) is 7.76. The zero-order valence-electron chi connectivity index (χ0n) is 13.1. The van der Waals surface area contributed by atoms with Gasteiger partial charge in [0.05, 0.1) is 0 Å². The van der Waals surface area contributed by atoms with Crippen LogP contribution in [0.5, 0.6) is 0 Å². The van der Waals surface area contributed by atoms with Crippen molar-refractivity contribution in [2.24, 2.45) is 0 Å². The summed E-state index contributed by atoms with van der Waals surface area (Å²) in [6, 6.07) is 8.62. The molecule has 0 aromatic heterocycles. The van der Waals surface area contributed by atoms with Crippen LogP contribution < -0.4 is 16.0 Å². The Labute approximate surface area is 138 Å². The molecule has 1 aliphatic rings. The lowest BCUT2D eigenvalue weighted by Gasteiger charge is -2.29. The van der Waals surface area contributed by atoms with E-state index in [1.54, 1.807) is 0 Å². The minimum absolute atomic E-state index is 0.271. The summed E-state index contributed by atoms with van der Waals surface area (Å²) in [6.07, 6.45) is -2.47. The molecule has 0 heterocycles. The van der Waals surface area contributed by atoms with Crippen molar-refractivity contribution >= 4 is 11.9 Å². The van der Waals surface area contributed by atoms with Crippen molar-refractivity contribution in [1.29, 1.82) is 0 Å². The molecule has 5 nitrogen and oxygen atoms in total. The van der Waals surface area contributed by atoms with Gasteiger partial charge in [0.2, 0.25) is 5.91 Å². The number of rotatable bonds is 5. The Hall–Kier alpha value is -2.25. The Morgan fingerprint density at radius 2 is 1.67 bits per heavy atom. The molecule has 0 bridgehead atoms. The maximum absolute atomic E-state index is 12.3. The first-order valence-electron chi connectivity index (χ1n) is 7.76. The third kappa shape index (κ3) is 5.14. The molecule has 1 fully saturated rings. The van der Waals surface area contributed by atoms with Gasteiger partial charge in [-0.1, -0.05) is 43.2 Å². The van der Waals surface area contributed by atoms with Crippen LogP contribution in [0.4, 0.5) is 18.0 Å². The van der Waals surface area contributed by atoms with E-state index < -0.39 is 30.2 Å². The van der Waals surface area contributed by atoms with Crippen LogP contribution in [0.2, 0.25) is 0 Å². The number of alkyl halides is 3. The van der Waals surface area contributed by atoms with Crippen molar-refractivity contribution in [2.45, 2.75) is 43.9 Å². The Morgan fingerprint density at radius 1 is 1.04 bits per heavy atom. The van der Waals surface area contributed by atoms with Gasteiger partial charge in [-0.05, 0) is 18.4 Å². The van der Waals surface area contributed by atoms with E-state index in [1.165, 1.54) is 0 Å². The Bertz CT molecular complexity index is 570. The van der Waals surface area contributed by atoms with E-state index in [0.29, 0.717) is 25.7 Å². The molecular formula is C16H20F3N3O2. The van der Waals surface area contributed by atoms with Crippen molar-refractivity contribution in [1.82, 2.24) is 16.0 Å². The standard InChI is InChI=1S/C16H20F3N3O2/c17-16(18,19)11-21-13(23)15(8-4-5-9-15)22-14(24)20-10-12-6-2-1-3-7-12/h1-3,6-7H,4-5,8-11H2,(H,21,23)(H2,20,22,24). The zero-order chi connectivity index (χ0) is 17.6. The number of nitrogens with one attached hydrogen (secondary N) is 3. The predicted molar refractivity (Wildman–Crippen MR) is 82.1 cm³/mol. The summed E-state index contributed by atoms with van der Waals surface area (Å²) < 4.78 is 36.9. The van der Waals surface area contributed by atoms with Crippen LogP contribution >= 0.6 is 0 Å². The van der Waals surface area contributed by atoms with Crippen LogP contribution in [-0.2, 0) is 11.3 Å². The molecule has 1 aliphatic carbocycles. The fourth-order valence-electron chi connectivity index (χ4n) is 2.78. The second-order valence-electron chi connectivity index (χ2n) is 5.88. The zero-order valence-corrected chi connectivity index (χ0v) is 13.1. The highest BCUT2D eigenvalue weighted by Gasteiger charge is 2.43. The summed E-state index contributed by atoms with van der Waals surface area (Å²) in [4.78, 5) is 24.2. The molecule has 3 N–H and O–H groups in total. The van der Waals surface area contributed by atoms with E-state index in [0.717, 1.165) is 5.56 Å². The van der Waals surface area contributed by atoms with Gasteiger partial charge in [-0.25, -0.2) is 4.79 Å². The Kier molecular flexibility index (Phi) is 5.69. The summed E-state index contributed by atoms with van der Waals surface area (Å²) in [5.41, 5.74) is -0.388. The number of hydrogen-bond acceptors (Lipinski definition) is 2. The van der Waals surface area contributed by atoms with Crippen molar-refractivity contribution in [3.8, 4) is 0 Å². The monoisotopic (exact) mass is 343 g/mol. The lowest BCUT2D eigenvalue weighted by molar-refractivity contribution is -0.142. The van der Waals surface area contributed by atoms with Crippen molar-refractivity contribution in [2.75, 3.05) is 6.54 Å². The lowest BCUT2D eigenvalue weighted by atomic mass is 9.96. The quantitative estimate of drug-likeness (QED) is 0.769. The molecule has 1 aromatic carbocycles. The van der Waals surface area contributed by atoms with Gasteiger partial charge in [-0.15, -0.1) is 0 Å². The highest BCUT2D eigenvalue weighted by Crippen LogP contribution is 2.30. The van der Waals surface area contributed by atoms with Crippen LogP contribution in [0, 0.1) is 0 Å². The molecule has 2 rings (SSSR count). The molecule has 1 saturated carbocycles. The smallest absolute Gasteiger partial charge is 0.345 e. The summed E-state index contributed by atoms with van der Waals surface area (Å²) in [6.45, 7) is -1.13. The van der Waals surface area contributed by atoms with E-state index >= 15 is 0 Å². The second-order valence-corrected chi connectivity index (χ2v) is 5.88. The highest BCUT2D eigenvalue weighted by molar-refractivity contribution is 5.91. The van der Waals surface area contributed by atoms with E-state index in [2.05, 4.69) is 10.6 Å². The minimum atomic E-state index is -4.48. The minimum Gasteiger partial charge on any atom is -0.345 e. The highest BCUT2D eigenvalue weighted by atomic mass is 19.4. The first-order chi connectivity index (χ1) is 11.3. The Balaban J connectivity index is 1.92. The van der Waals surface area contributed by atoms with Gasteiger partial charge in [0, 0.05) is 6.54 Å². The van der Waals surface area contributed by atoms with E-state index in [4.69, 9.17) is 0 Å². The summed E-state index contributed by atoms with van der Waals surface area (Å²) >= 11 is 0. The number of amides is 3. The largest absolute Gasteiger partial charge is 0.405 e. The number of benzene rings is 1. The molecule has 3 amide bonds. The topological polar surface area (TPSA) is 70.2 Å². The molecule has 0 atom stereocenters. The molecule has 0 aliphatic heterocycles. The van der Waals surface area contributed by atoms with Crippen molar-refractivity contribution in [3.63, 3.8) is 0 Å². The summed E-state index contributed by atoms with van der Waals surface area (Å²) in [5, 5.41) is 7.07. The SMILES string of the molecule is O=C(NCc1ccccc1)NC1(C(=O)NCC(F)(F)F)CCCC1. The second kappa shape index (κ2) is 7.55. The summed E-state index contributed by atoms with van der Waals surface area (Å²) in [5.74, 6) is -0.785. The van der Waals surface area contributed by atoms with Crippen LogP contribution in [-0.4, -0.2) is 30.2 Å². The summed E-state index contributed by atoms with van der Waals surface area (Å²) in [7, 11) is 0. The van der Waals surface area contributed by atoms with Crippen LogP contribution in [0.15, 0.2) is 30.3 Å². The van der Waals surface area contributed by atoms with E-state index in [1.807, 2.05) is 35.6 Å². The molecule has 24 heavy (non-hydrogen) atoms. The molecule has 132 valence electrons. The predicted octanol–water partition coefficient (Wildman–Crippen LogP) is 2.48. The molecule has 0 radical (unpaired) electrons. The lowest BCUT2D eigenvalue weighted by Crippen LogP contribution is -2.60. The van der Waals surface area contributed by atoms with Gasteiger partial charge in [-0.3, -0.25) is 4.79 Å². The number of carbonyl (C=O) groups is 2. The van der Waals surface area contributed by atoms with Gasteiger partial charge in [0.25, 0.3) is 0 Å². The van der Waals surface area contributed by atoms with Gasteiger partial charge < -0.3 is 16.0 Å². The fourth-order valence-corrected chi connectivity index (χ4v) is 2.78. The first kappa shape index (κ1) is 18.1. The molecule has 0 spiro atoms. The third-order valence-electron chi connectivity index (χ3n) is 3.99. The molecule has 0 unspecified atom stereocenters. The van der Waals surface area contributed by atoms with Gasteiger partial charge in [0.1, 0.15) is 12.1 Å². The molecular weight excluding hydrogens is 323 g/mol. The number of urea groups is 1. The molecule has 1 aromatic rings. The van der Waals surface area contributed by atoms with Gasteiger partial charge in [0.15, 0.2) is 0 Å². The van der Waals surface area contributed by atoms with Crippen LogP contribution in [0.1, 0.15) is 31.2 Å². The average molecular weight is 343 g/mol. The third-order valence-corrected chi connectivity index (χ3v) is 3.99. The van der Waals surface area contributed by atoms with Crippen molar-refractivity contribution in [3.05, 3.63) is 35.9 Å². The average Bonchev–Trinajstić information content (AvgIpc) is 3.00. The van der Waals surface area contributed by atoms with E-state index in [9.17, 15) is 22.8 Å². The molecule has 0 saturated heterocycles. The number of hydrogen-bond donors (Lipinski definition) is 3. The van der Waals surface area contributed by atoms with Crippen LogP contribution in [0.3, 0.4) is 0 Å². The van der Waals surface area contributed by atoms with Gasteiger partial charge >= 0.3 is 12.2 Å². The van der Waals surface area contributed by atoms with Crippen LogP contribution in [0.25, 0.3) is 0 Å². The fraction of sp³-hybridized carbons (Fsp3) is 0.500. The van der Waals surface area contributed by atoms with Crippen molar-refractivity contribution < 1.29 is 22.8 Å². The molecule has 8 heteroatoms. The number of carbonyl (C=O) groups excluding carboxylic acids is 2. The normalized spacial score (nSPS) is 16.5. The van der Waals surface area contributed by atoms with E-state index in [-0.39, 0.29) is 6.54 Å². The maximum atomic E-state index is 12.3. The van der Waals surface area contributed by atoms with Gasteiger partial charge in [-0.2, -0.15) is 13.2 Å². The maximum Gasteiger partial charge on any atom is 0.405 e. The Morgan fingerprint density at radius 3 is 2.25 bits per heavy atom.